The summed E-state index contributed by atoms with van der Waals surface area (Å²) in [7, 11) is 0. The third-order valence-electron chi connectivity index (χ3n) is 3.57. The number of rotatable bonds is 5. The largest absolute Gasteiger partial charge is 0.310 e. The number of nitrogens with one attached hydrogen (secondary N) is 1. The molecule has 0 bridgehead atoms. The molecule has 1 nitrogen and oxygen atoms in total. The summed E-state index contributed by atoms with van der Waals surface area (Å²) in [5.41, 5.74) is 4.62. The van der Waals surface area contributed by atoms with Crippen LogP contribution in [0.1, 0.15) is 63.3 Å². The highest BCUT2D eigenvalue weighted by molar-refractivity contribution is 5.31. The molecule has 0 amide bonds. The number of hydrogen-bond acceptors (Lipinski definition) is 1. The normalized spacial score (nSPS) is 13.7. The van der Waals surface area contributed by atoms with E-state index in [1.54, 1.807) is 0 Å². The topological polar surface area (TPSA) is 12.0 Å². The van der Waals surface area contributed by atoms with E-state index >= 15 is 0 Å². The SMILES string of the molecule is CCNC(CCC(C)(C)C)c1ccc(C)c(C)c1. The van der Waals surface area contributed by atoms with Gasteiger partial charge in [0.05, 0.1) is 0 Å². The van der Waals surface area contributed by atoms with E-state index in [1.807, 2.05) is 0 Å². The Morgan fingerprint density at radius 3 is 2.28 bits per heavy atom. The molecule has 0 saturated carbocycles. The molecule has 102 valence electrons. The predicted molar refractivity (Wildman–Crippen MR) is 81.0 cm³/mol. The number of hydrogen-bond donors (Lipinski definition) is 1. The highest BCUT2D eigenvalue weighted by Crippen LogP contribution is 2.28. The number of aryl methyl sites for hydroxylation is 2. The summed E-state index contributed by atoms with van der Waals surface area (Å²) in [6.45, 7) is 14.5. The Bertz CT molecular complexity index is 374. The van der Waals surface area contributed by atoms with Gasteiger partial charge in [-0.15, -0.1) is 0 Å². The van der Waals surface area contributed by atoms with Crippen LogP contribution in [0, 0.1) is 19.3 Å². The van der Waals surface area contributed by atoms with Gasteiger partial charge in [-0.25, -0.2) is 0 Å². The fraction of sp³-hybridized carbons (Fsp3) is 0.647. The minimum Gasteiger partial charge on any atom is -0.310 e. The minimum absolute atomic E-state index is 0.410. The Balaban J connectivity index is 2.80. The van der Waals surface area contributed by atoms with Gasteiger partial charge in [0.25, 0.3) is 0 Å². The molecule has 0 saturated heterocycles. The molecule has 1 rings (SSSR count). The van der Waals surface area contributed by atoms with Crippen LogP contribution in [-0.4, -0.2) is 6.54 Å². The quantitative estimate of drug-likeness (QED) is 0.789. The molecule has 0 aromatic heterocycles. The van der Waals surface area contributed by atoms with Gasteiger partial charge in [-0.05, 0) is 55.3 Å². The molecule has 0 heterocycles. The molecule has 0 aliphatic heterocycles. The third-order valence-corrected chi connectivity index (χ3v) is 3.57. The molecule has 1 heteroatoms. The summed E-state index contributed by atoms with van der Waals surface area (Å²) in [6.07, 6.45) is 2.46. The summed E-state index contributed by atoms with van der Waals surface area (Å²) in [5, 5.41) is 3.62. The van der Waals surface area contributed by atoms with Crippen molar-refractivity contribution in [3.63, 3.8) is 0 Å². The Hall–Kier alpha value is -0.820. The van der Waals surface area contributed by atoms with Crippen molar-refractivity contribution in [2.75, 3.05) is 6.54 Å². The van der Waals surface area contributed by atoms with E-state index in [-0.39, 0.29) is 0 Å². The molecular formula is C17H29N. The van der Waals surface area contributed by atoms with E-state index in [9.17, 15) is 0 Å². The summed E-state index contributed by atoms with van der Waals surface area (Å²) in [5.74, 6) is 0. The van der Waals surface area contributed by atoms with E-state index in [0.717, 1.165) is 6.54 Å². The van der Waals surface area contributed by atoms with Crippen molar-refractivity contribution in [3.05, 3.63) is 34.9 Å². The van der Waals surface area contributed by atoms with Crippen LogP contribution in [0.5, 0.6) is 0 Å². The molecule has 1 aromatic rings. The molecule has 1 atom stereocenters. The molecular weight excluding hydrogens is 218 g/mol. The van der Waals surface area contributed by atoms with Gasteiger partial charge in [0, 0.05) is 6.04 Å². The molecule has 1 N–H and O–H groups in total. The lowest BCUT2D eigenvalue weighted by Gasteiger charge is -2.24. The maximum Gasteiger partial charge on any atom is 0.0320 e. The summed E-state index contributed by atoms with van der Waals surface area (Å²) >= 11 is 0. The van der Waals surface area contributed by atoms with E-state index < -0.39 is 0 Å². The fourth-order valence-corrected chi connectivity index (χ4v) is 2.19. The lowest BCUT2D eigenvalue weighted by atomic mass is 9.86. The molecule has 0 aliphatic carbocycles. The molecule has 0 spiro atoms. The van der Waals surface area contributed by atoms with Crippen LogP contribution in [0.25, 0.3) is 0 Å². The standard InChI is InChI=1S/C17H29N/c1-7-18-16(10-11-17(4,5)6)15-9-8-13(2)14(3)12-15/h8-9,12,16,18H,7,10-11H2,1-6H3. The first-order chi connectivity index (χ1) is 8.33. The van der Waals surface area contributed by atoms with Gasteiger partial charge in [-0.3, -0.25) is 0 Å². The van der Waals surface area contributed by atoms with Gasteiger partial charge < -0.3 is 5.32 Å². The van der Waals surface area contributed by atoms with Crippen LogP contribution in [0.4, 0.5) is 0 Å². The second-order valence-corrected chi connectivity index (χ2v) is 6.55. The zero-order valence-electron chi connectivity index (χ0n) is 12.9. The average Bonchev–Trinajstić information content (AvgIpc) is 2.27. The summed E-state index contributed by atoms with van der Waals surface area (Å²) < 4.78 is 0. The van der Waals surface area contributed by atoms with Crippen LogP contribution in [0.3, 0.4) is 0 Å². The second-order valence-electron chi connectivity index (χ2n) is 6.55. The van der Waals surface area contributed by atoms with Gasteiger partial charge >= 0.3 is 0 Å². The minimum atomic E-state index is 0.410. The van der Waals surface area contributed by atoms with Crippen molar-refractivity contribution in [2.24, 2.45) is 5.41 Å². The van der Waals surface area contributed by atoms with Gasteiger partial charge in [0.15, 0.2) is 0 Å². The zero-order valence-corrected chi connectivity index (χ0v) is 12.9. The fourth-order valence-electron chi connectivity index (χ4n) is 2.19. The molecule has 0 aliphatic rings. The zero-order chi connectivity index (χ0) is 13.8. The predicted octanol–water partition coefficient (Wildman–Crippen LogP) is 4.78. The molecule has 1 unspecified atom stereocenters. The van der Waals surface area contributed by atoms with Crippen LogP contribution in [0.15, 0.2) is 18.2 Å². The van der Waals surface area contributed by atoms with E-state index in [4.69, 9.17) is 0 Å². The Labute approximate surface area is 113 Å². The van der Waals surface area contributed by atoms with Crippen LogP contribution < -0.4 is 5.32 Å². The second kappa shape index (κ2) is 6.38. The van der Waals surface area contributed by atoms with Gasteiger partial charge in [-0.2, -0.15) is 0 Å². The Morgan fingerprint density at radius 2 is 1.78 bits per heavy atom. The van der Waals surface area contributed by atoms with Crippen molar-refractivity contribution in [1.29, 1.82) is 0 Å². The monoisotopic (exact) mass is 247 g/mol. The third kappa shape index (κ3) is 4.81. The maximum atomic E-state index is 3.62. The Kier molecular flexibility index (Phi) is 5.40. The lowest BCUT2D eigenvalue weighted by molar-refractivity contribution is 0.334. The van der Waals surface area contributed by atoms with Gasteiger partial charge in [0.2, 0.25) is 0 Å². The first-order valence-corrected chi connectivity index (χ1v) is 7.14. The van der Waals surface area contributed by atoms with E-state index in [0.29, 0.717) is 11.5 Å². The molecule has 0 fully saturated rings. The highest BCUT2D eigenvalue weighted by Gasteiger charge is 2.16. The van der Waals surface area contributed by atoms with Gasteiger partial charge in [-0.1, -0.05) is 45.9 Å². The molecule has 1 aromatic carbocycles. The van der Waals surface area contributed by atoms with Crippen molar-refractivity contribution in [1.82, 2.24) is 5.32 Å². The van der Waals surface area contributed by atoms with Crippen molar-refractivity contribution in [3.8, 4) is 0 Å². The lowest BCUT2D eigenvalue weighted by Crippen LogP contribution is -2.22. The maximum absolute atomic E-state index is 3.62. The molecule has 18 heavy (non-hydrogen) atoms. The van der Waals surface area contributed by atoms with Crippen molar-refractivity contribution >= 4 is 0 Å². The van der Waals surface area contributed by atoms with Gasteiger partial charge in [0.1, 0.15) is 0 Å². The van der Waals surface area contributed by atoms with Crippen molar-refractivity contribution in [2.45, 2.75) is 60.4 Å². The summed E-state index contributed by atoms with van der Waals surface area (Å²) in [4.78, 5) is 0. The van der Waals surface area contributed by atoms with Crippen LogP contribution >= 0.6 is 0 Å². The van der Waals surface area contributed by atoms with E-state index in [2.05, 4.69) is 65.1 Å². The number of benzene rings is 1. The van der Waals surface area contributed by atoms with E-state index in [1.165, 1.54) is 29.5 Å². The summed E-state index contributed by atoms with van der Waals surface area (Å²) in [6, 6.07) is 7.35. The first-order valence-electron chi connectivity index (χ1n) is 7.14. The highest BCUT2D eigenvalue weighted by atomic mass is 14.9. The Morgan fingerprint density at radius 1 is 1.11 bits per heavy atom. The van der Waals surface area contributed by atoms with Crippen LogP contribution in [0.2, 0.25) is 0 Å². The first kappa shape index (κ1) is 15.2. The smallest absolute Gasteiger partial charge is 0.0320 e. The van der Waals surface area contributed by atoms with Crippen molar-refractivity contribution < 1.29 is 0 Å². The molecule has 0 radical (unpaired) electrons. The van der Waals surface area contributed by atoms with Crippen LogP contribution in [-0.2, 0) is 0 Å². The average molecular weight is 247 g/mol.